The normalized spacial score (nSPS) is 19.2. The second-order valence-electron chi connectivity index (χ2n) is 6.38. The molecule has 3 atom stereocenters. The van der Waals surface area contributed by atoms with E-state index in [0.717, 1.165) is 11.3 Å². The number of aliphatic hydroxyl groups excluding tert-OH is 1. The van der Waals surface area contributed by atoms with Gasteiger partial charge in [-0.05, 0) is 25.3 Å². The van der Waals surface area contributed by atoms with Crippen molar-refractivity contribution in [3.8, 4) is 5.75 Å². The molecule has 122 valence electrons. The van der Waals surface area contributed by atoms with E-state index in [0.29, 0.717) is 18.9 Å². The van der Waals surface area contributed by atoms with E-state index < -0.39 is 6.10 Å². The van der Waals surface area contributed by atoms with Crippen LogP contribution in [0.1, 0.15) is 38.7 Å². The third-order valence-electron chi connectivity index (χ3n) is 3.94. The second-order valence-corrected chi connectivity index (χ2v) is 6.38. The molecule has 1 aromatic rings. The number of nitrogens with one attached hydrogen (secondary N) is 2. The van der Waals surface area contributed by atoms with Gasteiger partial charge in [0, 0.05) is 24.1 Å². The Balaban J connectivity index is 1.80. The lowest BCUT2D eigenvalue weighted by molar-refractivity contribution is 0.146. The molecule has 0 saturated heterocycles. The predicted octanol–water partition coefficient (Wildman–Crippen LogP) is 2.26. The Labute approximate surface area is 132 Å². The van der Waals surface area contributed by atoms with Crippen LogP contribution in [-0.2, 0) is 0 Å². The number of fused-ring (bicyclic) bond motifs is 1. The summed E-state index contributed by atoms with van der Waals surface area (Å²) in [5, 5.41) is 15.4. The Hall–Kier alpha value is -1.75. The average Bonchev–Trinajstić information content (AvgIpc) is 2.88. The van der Waals surface area contributed by atoms with Gasteiger partial charge in [-0.1, -0.05) is 32.0 Å². The molecule has 0 aromatic heterocycles. The minimum atomic E-state index is -0.503. The first-order valence-corrected chi connectivity index (χ1v) is 7.91. The standard InChI is InChI=1S/C17H26N2O3/c1-11(2)8-13(20)9-18-17(21)19-12(3)15-10-22-16-7-5-4-6-14(15)16/h4-7,11-13,15,20H,8-10H2,1-3H3,(H2,18,19,21). The van der Waals surface area contributed by atoms with Crippen LogP contribution in [-0.4, -0.2) is 36.4 Å². The van der Waals surface area contributed by atoms with E-state index >= 15 is 0 Å². The third kappa shape index (κ3) is 4.37. The summed E-state index contributed by atoms with van der Waals surface area (Å²) in [7, 11) is 0. The van der Waals surface area contributed by atoms with Gasteiger partial charge in [-0.3, -0.25) is 0 Å². The van der Waals surface area contributed by atoms with E-state index in [-0.39, 0.29) is 24.5 Å². The van der Waals surface area contributed by atoms with Crippen LogP contribution in [0.4, 0.5) is 4.79 Å². The molecule has 0 aliphatic carbocycles. The van der Waals surface area contributed by atoms with Gasteiger partial charge in [0.1, 0.15) is 5.75 Å². The van der Waals surface area contributed by atoms with Gasteiger partial charge in [0.2, 0.25) is 0 Å². The molecule has 1 heterocycles. The molecule has 0 bridgehead atoms. The molecule has 3 unspecified atom stereocenters. The van der Waals surface area contributed by atoms with Crippen LogP contribution < -0.4 is 15.4 Å². The molecule has 2 amide bonds. The monoisotopic (exact) mass is 306 g/mol. The fraction of sp³-hybridized carbons (Fsp3) is 0.588. The van der Waals surface area contributed by atoms with E-state index in [4.69, 9.17) is 4.74 Å². The number of amides is 2. The molecule has 0 spiro atoms. The van der Waals surface area contributed by atoms with Crippen LogP contribution in [0, 0.1) is 5.92 Å². The molecule has 0 saturated carbocycles. The summed E-state index contributed by atoms with van der Waals surface area (Å²) in [4.78, 5) is 11.9. The maximum atomic E-state index is 11.9. The number of urea groups is 1. The van der Waals surface area contributed by atoms with Crippen molar-refractivity contribution >= 4 is 6.03 Å². The van der Waals surface area contributed by atoms with Gasteiger partial charge in [-0.15, -0.1) is 0 Å². The van der Waals surface area contributed by atoms with Gasteiger partial charge < -0.3 is 20.5 Å². The summed E-state index contributed by atoms with van der Waals surface area (Å²) in [6, 6.07) is 7.63. The number of para-hydroxylation sites is 1. The Bertz CT molecular complexity index is 504. The predicted molar refractivity (Wildman–Crippen MR) is 86.1 cm³/mol. The zero-order chi connectivity index (χ0) is 16.1. The van der Waals surface area contributed by atoms with Gasteiger partial charge in [-0.2, -0.15) is 0 Å². The zero-order valence-corrected chi connectivity index (χ0v) is 13.5. The molecule has 2 rings (SSSR count). The summed E-state index contributed by atoms with van der Waals surface area (Å²) >= 11 is 0. The molecule has 0 radical (unpaired) electrons. The quantitative estimate of drug-likeness (QED) is 0.755. The van der Waals surface area contributed by atoms with Crippen molar-refractivity contribution in [3.05, 3.63) is 29.8 Å². The minimum Gasteiger partial charge on any atom is -0.493 e. The van der Waals surface area contributed by atoms with E-state index in [1.807, 2.05) is 45.0 Å². The van der Waals surface area contributed by atoms with Crippen molar-refractivity contribution in [3.63, 3.8) is 0 Å². The van der Waals surface area contributed by atoms with Crippen LogP contribution in [0.15, 0.2) is 24.3 Å². The van der Waals surface area contributed by atoms with Crippen molar-refractivity contribution in [2.75, 3.05) is 13.2 Å². The number of benzene rings is 1. The number of ether oxygens (including phenoxy) is 1. The van der Waals surface area contributed by atoms with Gasteiger partial charge in [0.15, 0.2) is 0 Å². The van der Waals surface area contributed by atoms with E-state index in [1.54, 1.807) is 0 Å². The van der Waals surface area contributed by atoms with Crippen LogP contribution in [0.5, 0.6) is 5.75 Å². The summed E-state index contributed by atoms with van der Waals surface area (Å²) in [6.07, 6.45) is 0.177. The first-order valence-electron chi connectivity index (χ1n) is 7.91. The molecule has 1 aliphatic rings. The number of carbonyl (C=O) groups is 1. The topological polar surface area (TPSA) is 70.6 Å². The van der Waals surface area contributed by atoms with Crippen molar-refractivity contribution in [1.29, 1.82) is 0 Å². The van der Waals surface area contributed by atoms with Crippen molar-refractivity contribution in [2.45, 2.75) is 45.3 Å². The second kappa shape index (κ2) is 7.49. The van der Waals surface area contributed by atoms with Crippen LogP contribution >= 0.6 is 0 Å². The summed E-state index contributed by atoms with van der Waals surface area (Å²) in [6.45, 7) is 6.91. The average molecular weight is 306 g/mol. The maximum Gasteiger partial charge on any atom is 0.315 e. The maximum absolute atomic E-state index is 11.9. The first kappa shape index (κ1) is 16.6. The largest absolute Gasteiger partial charge is 0.493 e. The van der Waals surface area contributed by atoms with Gasteiger partial charge in [0.25, 0.3) is 0 Å². The number of aliphatic hydroxyl groups is 1. The highest BCUT2D eigenvalue weighted by Crippen LogP contribution is 2.35. The smallest absolute Gasteiger partial charge is 0.315 e. The fourth-order valence-electron chi connectivity index (χ4n) is 2.80. The van der Waals surface area contributed by atoms with Gasteiger partial charge >= 0.3 is 6.03 Å². The van der Waals surface area contributed by atoms with Crippen molar-refractivity contribution in [2.24, 2.45) is 5.92 Å². The number of rotatable bonds is 6. The van der Waals surface area contributed by atoms with Crippen molar-refractivity contribution in [1.82, 2.24) is 10.6 Å². The van der Waals surface area contributed by atoms with E-state index in [9.17, 15) is 9.90 Å². The Morgan fingerprint density at radius 1 is 1.36 bits per heavy atom. The lowest BCUT2D eigenvalue weighted by Gasteiger charge is -2.21. The molecule has 22 heavy (non-hydrogen) atoms. The molecular weight excluding hydrogens is 280 g/mol. The first-order chi connectivity index (χ1) is 10.5. The number of hydrogen-bond donors (Lipinski definition) is 3. The Morgan fingerprint density at radius 3 is 2.82 bits per heavy atom. The fourth-order valence-corrected chi connectivity index (χ4v) is 2.80. The molecular formula is C17H26N2O3. The zero-order valence-electron chi connectivity index (χ0n) is 13.5. The number of hydrogen-bond acceptors (Lipinski definition) is 3. The molecule has 1 aromatic carbocycles. The SMILES string of the molecule is CC(C)CC(O)CNC(=O)NC(C)C1COc2ccccc21. The summed E-state index contributed by atoms with van der Waals surface area (Å²) in [5.74, 6) is 1.46. The van der Waals surface area contributed by atoms with E-state index in [2.05, 4.69) is 10.6 Å². The molecule has 5 nitrogen and oxygen atoms in total. The van der Waals surface area contributed by atoms with Crippen LogP contribution in [0.25, 0.3) is 0 Å². The van der Waals surface area contributed by atoms with Crippen LogP contribution in [0.3, 0.4) is 0 Å². The molecule has 5 heteroatoms. The van der Waals surface area contributed by atoms with Gasteiger partial charge in [0.05, 0.1) is 12.7 Å². The summed E-state index contributed by atoms with van der Waals surface area (Å²) < 4.78 is 5.64. The van der Waals surface area contributed by atoms with Crippen LogP contribution in [0.2, 0.25) is 0 Å². The minimum absolute atomic E-state index is 0.0362. The lowest BCUT2D eigenvalue weighted by Crippen LogP contribution is -2.45. The Morgan fingerprint density at radius 2 is 2.09 bits per heavy atom. The Kier molecular flexibility index (Phi) is 5.66. The highest BCUT2D eigenvalue weighted by Gasteiger charge is 2.29. The highest BCUT2D eigenvalue weighted by molar-refractivity contribution is 5.74. The van der Waals surface area contributed by atoms with Gasteiger partial charge in [-0.25, -0.2) is 4.79 Å². The lowest BCUT2D eigenvalue weighted by atomic mass is 9.94. The summed E-state index contributed by atoms with van der Waals surface area (Å²) in [5.41, 5.74) is 1.13. The van der Waals surface area contributed by atoms with E-state index in [1.165, 1.54) is 0 Å². The molecule has 3 N–H and O–H groups in total. The third-order valence-corrected chi connectivity index (χ3v) is 3.94. The highest BCUT2D eigenvalue weighted by atomic mass is 16.5. The van der Waals surface area contributed by atoms with Crippen molar-refractivity contribution < 1.29 is 14.6 Å². The molecule has 1 aliphatic heterocycles. The molecule has 0 fully saturated rings. The number of carbonyl (C=O) groups excluding carboxylic acids is 1.